The Bertz CT molecular complexity index is 781. The first-order chi connectivity index (χ1) is 13.8. The second-order valence-corrected chi connectivity index (χ2v) is 8.66. The molecule has 3 heterocycles. The van der Waals surface area contributed by atoms with E-state index in [1.165, 1.54) is 16.1 Å². The molecule has 1 saturated heterocycles. The zero-order valence-corrected chi connectivity index (χ0v) is 17.5. The molecule has 0 radical (unpaired) electrons. The number of thiophene rings is 1. The van der Waals surface area contributed by atoms with E-state index in [1.807, 2.05) is 16.2 Å². The highest BCUT2D eigenvalue weighted by molar-refractivity contribution is 7.09. The molecule has 1 atom stereocenters. The first-order valence-electron chi connectivity index (χ1n) is 10.5. The van der Waals surface area contributed by atoms with Gasteiger partial charge in [-0.2, -0.15) is 5.10 Å². The molecule has 2 aliphatic rings. The zero-order chi connectivity index (χ0) is 19.3. The molecule has 0 spiro atoms. The third-order valence-electron chi connectivity index (χ3n) is 5.67. The van der Waals surface area contributed by atoms with Crippen molar-refractivity contribution in [1.82, 2.24) is 20.0 Å². The molecule has 28 heavy (non-hydrogen) atoms. The largest absolute Gasteiger partial charge is 0.378 e. The Labute approximate surface area is 170 Å². The van der Waals surface area contributed by atoms with Crippen LogP contribution in [0.1, 0.15) is 46.4 Å². The molecule has 1 fully saturated rings. The molecule has 1 unspecified atom stereocenters. The van der Waals surface area contributed by atoms with Crippen LogP contribution in [0.3, 0.4) is 0 Å². The van der Waals surface area contributed by atoms with Crippen LogP contribution in [0.2, 0.25) is 0 Å². The van der Waals surface area contributed by atoms with Gasteiger partial charge in [-0.1, -0.05) is 13.0 Å². The quantitative estimate of drug-likeness (QED) is 0.773. The SMILES string of the molecule is CCCn1nc(C(=O)N2CCOCC2)c2c1CCC(NCCc1cccs1)C2. The summed E-state index contributed by atoms with van der Waals surface area (Å²) in [6.45, 7) is 6.60. The fraction of sp³-hybridized carbons (Fsp3) is 0.619. The first kappa shape index (κ1) is 19.6. The average Bonchev–Trinajstić information content (AvgIpc) is 3.37. The summed E-state index contributed by atoms with van der Waals surface area (Å²) in [6.07, 6.45) is 5.10. The summed E-state index contributed by atoms with van der Waals surface area (Å²) < 4.78 is 7.49. The lowest BCUT2D eigenvalue weighted by molar-refractivity contribution is 0.0297. The Morgan fingerprint density at radius 1 is 1.39 bits per heavy atom. The number of aryl methyl sites for hydroxylation is 1. The summed E-state index contributed by atoms with van der Waals surface area (Å²) in [7, 11) is 0. The molecule has 1 aliphatic carbocycles. The van der Waals surface area contributed by atoms with Gasteiger partial charge in [0.2, 0.25) is 0 Å². The van der Waals surface area contributed by atoms with E-state index in [0.717, 1.165) is 45.2 Å². The van der Waals surface area contributed by atoms with Crippen molar-refractivity contribution in [3.63, 3.8) is 0 Å². The van der Waals surface area contributed by atoms with Crippen LogP contribution in [0.25, 0.3) is 0 Å². The molecule has 0 aromatic carbocycles. The van der Waals surface area contributed by atoms with Gasteiger partial charge in [-0.15, -0.1) is 11.3 Å². The third kappa shape index (κ3) is 4.31. The number of hydrogen-bond acceptors (Lipinski definition) is 5. The minimum absolute atomic E-state index is 0.0774. The Hall–Kier alpha value is -1.70. The number of nitrogens with one attached hydrogen (secondary N) is 1. The van der Waals surface area contributed by atoms with E-state index in [1.54, 1.807) is 0 Å². The number of rotatable bonds is 7. The van der Waals surface area contributed by atoms with E-state index >= 15 is 0 Å². The van der Waals surface area contributed by atoms with Crippen LogP contribution in [0, 0.1) is 0 Å². The van der Waals surface area contributed by atoms with E-state index in [9.17, 15) is 4.79 Å². The summed E-state index contributed by atoms with van der Waals surface area (Å²) in [6, 6.07) is 4.72. The molecule has 0 bridgehead atoms. The Balaban J connectivity index is 1.47. The van der Waals surface area contributed by atoms with Crippen molar-refractivity contribution in [3.05, 3.63) is 39.3 Å². The lowest BCUT2D eigenvalue weighted by Crippen LogP contribution is -2.42. The maximum atomic E-state index is 13.1. The number of carbonyl (C=O) groups excluding carboxylic acids is 1. The van der Waals surface area contributed by atoms with Gasteiger partial charge in [0.1, 0.15) is 0 Å². The summed E-state index contributed by atoms with van der Waals surface area (Å²) in [5, 5.41) is 10.6. The number of hydrogen-bond donors (Lipinski definition) is 1. The highest BCUT2D eigenvalue weighted by Gasteiger charge is 2.31. The fourth-order valence-electron chi connectivity index (χ4n) is 4.20. The normalized spacial score (nSPS) is 19.6. The zero-order valence-electron chi connectivity index (χ0n) is 16.7. The monoisotopic (exact) mass is 402 g/mol. The van der Waals surface area contributed by atoms with Crippen molar-refractivity contribution < 1.29 is 9.53 Å². The van der Waals surface area contributed by atoms with Gasteiger partial charge in [0.05, 0.1) is 13.2 Å². The van der Waals surface area contributed by atoms with Crippen molar-refractivity contribution >= 4 is 17.2 Å². The summed E-state index contributed by atoms with van der Waals surface area (Å²) in [5.74, 6) is 0.0774. The lowest BCUT2D eigenvalue weighted by atomic mass is 9.91. The Kier molecular flexibility index (Phi) is 6.44. The number of fused-ring (bicyclic) bond motifs is 1. The lowest BCUT2D eigenvalue weighted by Gasteiger charge is -2.28. The smallest absolute Gasteiger partial charge is 0.274 e. The second-order valence-electron chi connectivity index (χ2n) is 7.62. The van der Waals surface area contributed by atoms with Crippen molar-refractivity contribution in [3.8, 4) is 0 Å². The van der Waals surface area contributed by atoms with Crippen molar-refractivity contribution in [2.24, 2.45) is 0 Å². The van der Waals surface area contributed by atoms with Crippen LogP contribution in [0.4, 0.5) is 0 Å². The van der Waals surface area contributed by atoms with Gasteiger partial charge in [-0.3, -0.25) is 9.48 Å². The average molecular weight is 403 g/mol. The molecule has 7 heteroatoms. The van der Waals surface area contributed by atoms with Crippen LogP contribution in [-0.2, 0) is 30.5 Å². The molecule has 152 valence electrons. The topological polar surface area (TPSA) is 59.4 Å². The van der Waals surface area contributed by atoms with Crippen molar-refractivity contribution in [2.45, 2.75) is 51.6 Å². The van der Waals surface area contributed by atoms with Crippen LogP contribution < -0.4 is 5.32 Å². The fourth-order valence-corrected chi connectivity index (χ4v) is 4.91. The van der Waals surface area contributed by atoms with Crippen LogP contribution in [0.15, 0.2) is 17.5 Å². The maximum Gasteiger partial charge on any atom is 0.274 e. The van der Waals surface area contributed by atoms with Gasteiger partial charge in [-0.25, -0.2) is 0 Å². The minimum Gasteiger partial charge on any atom is -0.378 e. The molecular weight excluding hydrogens is 372 g/mol. The molecule has 2 aromatic heterocycles. The predicted octanol–water partition coefficient (Wildman–Crippen LogP) is 2.52. The van der Waals surface area contributed by atoms with E-state index < -0.39 is 0 Å². The number of carbonyl (C=O) groups is 1. The standard InChI is InChI=1S/C21H30N4O2S/c1-2-9-25-19-6-5-16(22-8-7-17-4-3-14-28-17)15-18(19)20(23-25)21(26)24-10-12-27-13-11-24/h3-4,14,16,22H,2,5-13,15H2,1H3. The molecule has 2 aromatic rings. The van der Waals surface area contributed by atoms with E-state index in [-0.39, 0.29) is 5.91 Å². The molecule has 1 aliphatic heterocycles. The minimum atomic E-state index is 0.0774. The molecule has 6 nitrogen and oxygen atoms in total. The summed E-state index contributed by atoms with van der Waals surface area (Å²) in [4.78, 5) is 16.5. The van der Waals surface area contributed by atoms with Crippen molar-refractivity contribution in [2.75, 3.05) is 32.8 Å². The van der Waals surface area contributed by atoms with Gasteiger partial charge < -0.3 is 15.0 Å². The van der Waals surface area contributed by atoms with Crippen molar-refractivity contribution in [1.29, 1.82) is 0 Å². The predicted molar refractivity (Wildman–Crippen MR) is 111 cm³/mol. The maximum absolute atomic E-state index is 13.1. The summed E-state index contributed by atoms with van der Waals surface area (Å²) >= 11 is 1.82. The van der Waals surface area contributed by atoms with Crippen LogP contribution >= 0.6 is 11.3 Å². The number of amides is 1. The highest BCUT2D eigenvalue weighted by Crippen LogP contribution is 2.26. The molecule has 4 rings (SSSR count). The Morgan fingerprint density at radius 3 is 3.00 bits per heavy atom. The number of morpholine rings is 1. The first-order valence-corrected chi connectivity index (χ1v) is 11.4. The summed E-state index contributed by atoms with van der Waals surface area (Å²) in [5.41, 5.74) is 3.12. The van der Waals surface area contributed by atoms with Gasteiger partial charge >= 0.3 is 0 Å². The van der Waals surface area contributed by atoms with Crippen LogP contribution in [-0.4, -0.2) is 59.5 Å². The highest BCUT2D eigenvalue weighted by atomic mass is 32.1. The van der Waals surface area contributed by atoms with Gasteiger partial charge in [0.25, 0.3) is 5.91 Å². The number of nitrogens with zero attached hydrogens (tertiary/aromatic N) is 3. The van der Waals surface area contributed by atoms with E-state index in [4.69, 9.17) is 9.84 Å². The Morgan fingerprint density at radius 2 is 2.25 bits per heavy atom. The van der Waals surface area contributed by atoms with E-state index in [0.29, 0.717) is 38.0 Å². The number of aromatic nitrogens is 2. The van der Waals surface area contributed by atoms with Gasteiger partial charge in [0.15, 0.2) is 5.69 Å². The molecular formula is C21H30N4O2S. The molecule has 1 amide bonds. The second kappa shape index (κ2) is 9.20. The van der Waals surface area contributed by atoms with Gasteiger partial charge in [-0.05, 0) is 43.6 Å². The molecule has 0 saturated carbocycles. The van der Waals surface area contributed by atoms with Crippen LogP contribution in [0.5, 0.6) is 0 Å². The third-order valence-corrected chi connectivity index (χ3v) is 6.60. The van der Waals surface area contributed by atoms with E-state index in [2.05, 4.69) is 34.4 Å². The number of ether oxygens (including phenoxy) is 1. The van der Waals surface area contributed by atoms with Gasteiger partial charge in [0, 0.05) is 48.4 Å². The molecule has 1 N–H and O–H groups in total.